The highest BCUT2D eigenvalue weighted by molar-refractivity contribution is 5.95. The number of carbonyl (C=O) groups excluding carboxylic acids is 2. The fourth-order valence-corrected chi connectivity index (χ4v) is 3.50. The average molecular weight is 391 g/mol. The van der Waals surface area contributed by atoms with Crippen LogP contribution < -0.4 is 0 Å². The van der Waals surface area contributed by atoms with E-state index in [1.54, 1.807) is 53.4 Å². The summed E-state index contributed by atoms with van der Waals surface area (Å²) in [6, 6.07) is 11.9. The van der Waals surface area contributed by atoms with E-state index in [0.717, 1.165) is 0 Å². The van der Waals surface area contributed by atoms with Crippen LogP contribution in [0.4, 0.5) is 0 Å². The van der Waals surface area contributed by atoms with Crippen molar-refractivity contribution in [2.45, 2.75) is 19.4 Å². The molecule has 0 radical (unpaired) electrons. The lowest BCUT2D eigenvalue weighted by Crippen LogP contribution is -2.40. The van der Waals surface area contributed by atoms with Crippen molar-refractivity contribution in [3.05, 3.63) is 77.7 Å². The number of aryl methyl sites for hydroxylation is 1. The molecule has 1 fully saturated rings. The maximum absolute atomic E-state index is 13.2. The fourth-order valence-electron chi connectivity index (χ4n) is 3.50. The largest absolute Gasteiger partial charge is 0.337 e. The molecule has 8 heteroatoms. The van der Waals surface area contributed by atoms with Gasteiger partial charge in [-0.15, -0.1) is 0 Å². The van der Waals surface area contributed by atoms with Gasteiger partial charge in [-0.05, 0) is 37.6 Å². The molecule has 1 unspecified atom stereocenters. The van der Waals surface area contributed by atoms with Crippen LogP contribution in [0, 0.1) is 6.92 Å². The molecule has 4 rings (SSSR count). The summed E-state index contributed by atoms with van der Waals surface area (Å²) in [4.78, 5) is 38.0. The van der Waals surface area contributed by atoms with E-state index in [9.17, 15) is 9.59 Å². The molecule has 0 saturated carbocycles. The molecule has 0 spiro atoms. The Morgan fingerprint density at radius 2 is 1.72 bits per heavy atom. The Morgan fingerprint density at radius 1 is 1.00 bits per heavy atom. The molecule has 2 aromatic heterocycles. The molecule has 0 aliphatic carbocycles. The van der Waals surface area contributed by atoms with E-state index in [1.165, 1.54) is 0 Å². The fraction of sp³-hybridized carbons (Fsp3) is 0.286. The summed E-state index contributed by atoms with van der Waals surface area (Å²) in [6.07, 6.45) is 3.84. The third-order valence-corrected chi connectivity index (χ3v) is 4.92. The zero-order valence-corrected chi connectivity index (χ0v) is 16.1. The monoisotopic (exact) mass is 391 g/mol. The molecule has 3 heterocycles. The smallest absolute Gasteiger partial charge is 0.254 e. The van der Waals surface area contributed by atoms with Crippen LogP contribution in [-0.2, 0) is 0 Å². The van der Waals surface area contributed by atoms with Crippen LogP contribution in [0.3, 0.4) is 0 Å². The van der Waals surface area contributed by atoms with Gasteiger partial charge in [-0.2, -0.15) is 4.98 Å². The van der Waals surface area contributed by atoms with Gasteiger partial charge in [0.2, 0.25) is 0 Å². The van der Waals surface area contributed by atoms with E-state index in [0.29, 0.717) is 42.4 Å². The van der Waals surface area contributed by atoms with Crippen molar-refractivity contribution in [1.82, 2.24) is 24.9 Å². The molecule has 8 nitrogen and oxygen atoms in total. The Labute approximate surface area is 168 Å². The predicted octanol–water partition coefficient (Wildman–Crippen LogP) is 2.50. The number of aromatic nitrogens is 3. The normalized spacial score (nSPS) is 17.1. The van der Waals surface area contributed by atoms with Gasteiger partial charge < -0.3 is 14.3 Å². The summed E-state index contributed by atoms with van der Waals surface area (Å²) in [5.41, 5.74) is 1.14. The van der Waals surface area contributed by atoms with Gasteiger partial charge in [0.15, 0.2) is 5.82 Å². The molecule has 148 valence electrons. The lowest BCUT2D eigenvalue weighted by molar-refractivity contribution is 0.0592. The first kappa shape index (κ1) is 18.8. The molecule has 1 aromatic carbocycles. The molecule has 1 aliphatic heterocycles. The first-order chi connectivity index (χ1) is 14.1. The summed E-state index contributed by atoms with van der Waals surface area (Å²) >= 11 is 0. The number of hydrogen-bond acceptors (Lipinski definition) is 6. The van der Waals surface area contributed by atoms with Crippen LogP contribution in [-0.4, -0.2) is 56.4 Å². The zero-order chi connectivity index (χ0) is 20.2. The molecular weight excluding hydrogens is 370 g/mol. The quantitative estimate of drug-likeness (QED) is 0.681. The molecular formula is C21H21N5O3. The van der Waals surface area contributed by atoms with Crippen LogP contribution in [0.25, 0.3) is 0 Å². The molecule has 2 amide bonds. The summed E-state index contributed by atoms with van der Waals surface area (Å²) in [5.74, 6) is 0.594. The number of nitrogens with zero attached hydrogens (tertiary/aromatic N) is 5. The van der Waals surface area contributed by atoms with Gasteiger partial charge in [-0.1, -0.05) is 23.4 Å². The molecule has 29 heavy (non-hydrogen) atoms. The lowest BCUT2D eigenvalue weighted by Gasteiger charge is -2.29. The van der Waals surface area contributed by atoms with Gasteiger partial charge in [0, 0.05) is 36.6 Å². The van der Waals surface area contributed by atoms with Crippen LogP contribution >= 0.6 is 0 Å². The van der Waals surface area contributed by atoms with E-state index in [-0.39, 0.29) is 18.4 Å². The minimum atomic E-state index is -0.516. The first-order valence-corrected chi connectivity index (χ1v) is 9.49. The Hall–Kier alpha value is -3.55. The van der Waals surface area contributed by atoms with E-state index < -0.39 is 6.04 Å². The number of pyridine rings is 1. The second-order valence-corrected chi connectivity index (χ2v) is 6.90. The number of benzene rings is 1. The first-order valence-electron chi connectivity index (χ1n) is 9.49. The maximum Gasteiger partial charge on any atom is 0.254 e. The Morgan fingerprint density at radius 3 is 2.41 bits per heavy atom. The zero-order valence-electron chi connectivity index (χ0n) is 16.1. The SMILES string of the molecule is Cc1noc(C2CN(C(=O)c3ccncc3)CCCN2C(=O)c2ccccc2)n1. The Balaban J connectivity index is 1.66. The topological polar surface area (TPSA) is 92.4 Å². The van der Waals surface area contributed by atoms with Crippen molar-refractivity contribution in [1.29, 1.82) is 0 Å². The summed E-state index contributed by atoms with van der Waals surface area (Å²) < 4.78 is 5.41. The van der Waals surface area contributed by atoms with Crippen molar-refractivity contribution in [3.63, 3.8) is 0 Å². The standard InChI is InChI=1S/C21H21N5O3/c1-15-23-19(29-24-15)18-14-25(20(27)17-8-10-22-11-9-17)12-5-13-26(18)21(28)16-6-3-2-4-7-16/h2-4,6-11,18H,5,12-14H2,1H3. The Kier molecular flexibility index (Phi) is 5.33. The third-order valence-electron chi connectivity index (χ3n) is 4.92. The van der Waals surface area contributed by atoms with E-state index in [4.69, 9.17) is 4.52 Å². The summed E-state index contributed by atoms with van der Waals surface area (Å²) in [6.45, 7) is 3.03. The number of carbonyl (C=O) groups is 2. The molecule has 3 aromatic rings. The number of amides is 2. The maximum atomic E-state index is 13.2. The van der Waals surface area contributed by atoms with E-state index >= 15 is 0 Å². The number of hydrogen-bond donors (Lipinski definition) is 0. The van der Waals surface area contributed by atoms with Gasteiger partial charge >= 0.3 is 0 Å². The van der Waals surface area contributed by atoms with Gasteiger partial charge in [0.05, 0.1) is 6.54 Å². The molecule has 1 aliphatic rings. The Bertz CT molecular complexity index is 990. The summed E-state index contributed by atoms with van der Waals surface area (Å²) in [7, 11) is 0. The van der Waals surface area contributed by atoms with Crippen molar-refractivity contribution < 1.29 is 14.1 Å². The highest BCUT2D eigenvalue weighted by Crippen LogP contribution is 2.26. The highest BCUT2D eigenvalue weighted by atomic mass is 16.5. The summed E-state index contributed by atoms with van der Waals surface area (Å²) in [5, 5.41) is 3.88. The molecule has 0 bridgehead atoms. The van der Waals surface area contributed by atoms with Crippen LogP contribution in [0.1, 0.15) is 44.9 Å². The van der Waals surface area contributed by atoms with Crippen molar-refractivity contribution in [2.24, 2.45) is 0 Å². The second kappa shape index (κ2) is 8.22. The van der Waals surface area contributed by atoms with Crippen molar-refractivity contribution >= 4 is 11.8 Å². The van der Waals surface area contributed by atoms with Crippen molar-refractivity contribution in [3.8, 4) is 0 Å². The van der Waals surface area contributed by atoms with Crippen molar-refractivity contribution in [2.75, 3.05) is 19.6 Å². The second-order valence-electron chi connectivity index (χ2n) is 6.90. The van der Waals surface area contributed by atoms with E-state index in [2.05, 4.69) is 15.1 Å². The highest BCUT2D eigenvalue weighted by Gasteiger charge is 2.35. The van der Waals surface area contributed by atoms with Gasteiger partial charge in [0.25, 0.3) is 17.7 Å². The minimum Gasteiger partial charge on any atom is -0.337 e. The van der Waals surface area contributed by atoms with Crippen LogP contribution in [0.5, 0.6) is 0 Å². The molecule has 1 saturated heterocycles. The van der Waals surface area contributed by atoms with Gasteiger partial charge in [-0.3, -0.25) is 14.6 Å². The van der Waals surface area contributed by atoms with Gasteiger partial charge in [0.1, 0.15) is 6.04 Å². The molecule has 1 atom stereocenters. The lowest BCUT2D eigenvalue weighted by atomic mass is 10.1. The number of rotatable bonds is 3. The average Bonchev–Trinajstić information content (AvgIpc) is 3.07. The van der Waals surface area contributed by atoms with E-state index in [1.807, 2.05) is 18.2 Å². The minimum absolute atomic E-state index is 0.109. The predicted molar refractivity (Wildman–Crippen MR) is 104 cm³/mol. The third kappa shape index (κ3) is 4.01. The van der Waals surface area contributed by atoms with Gasteiger partial charge in [-0.25, -0.2) is 0 Å². The molecule has 0 N–H and O–H groups in total. The van der Waals surface area contributed by atoms with Crippen LogP contribution in [0.15, 0.2) is 59.4 Å². The van der Waals surface area contributed by atoms with Crippen LogP contribution in [0.2, 0.25) is 0 Å².